The highest BCUT2D eigenvalue weighted by Crippen LogP contribution is 2.40. The molecule has 9 heteroatoms. The number of fused-ring (bicyclic) bond motifs is 1. The Morgan fingerprint density at radius 2 is 1.74 bits per heavy atom. The van der Waals surface area contributed by atoms with Crippen LogP contribution >= 0.6 is 34.3 Å². The van der Waals surface area contributed by atoms with E-state index in [-0.39, 0.29) is 5.91 Å². The average molecular weight is 424 g/mol. The lowest BCUT2D eigenvalue weighted by Crippen LogP contribution is -2.48. The van der Waals surface area contributed by atoms with Crippen molar-refractivity contribution in [3.05, 3.63) is 33.5 Å². The first kappa shape index (κ1) is 18.3. The van der Waals surface area contributed by atoms with Crippen LogP contribution in [0.3, 0.4) is 0 Å². The van der Waals surface area contributed by atoms with Gasteiger partial charge in [-0.15, -0.1) is 11.3 Å². The number of anilines is 1. The molecule has 142 valence electrons. The van der Waals surface area contributed by atoms with Crippen LogP contribution in [0.15, 0.2) is 24.3 Å². The van der Waals surface area contributed by atoms with Crippen LogP contribution in [0.4, 0.5) is 5.13 Å². The van der Waals surface area contributed by atoms with E-state index in [9.17, 15) is 4.79 Å². The van der Waals surface area contributed by atoms with Crippen molar-refractivity contribution in [2.75, 3.05) is 45.3 Å². The number of amides is 1. The van der Waals surface area contributed by atoms with E-state index in [1.165, 1.54) is 11.3 Å². The quantitative estimate of drug-likeness (QED) is 0.635. The Morgan fingerprint density at radius 1 is 1.04 bits per heavy atom. The number of piperazine rings is 1. The third-order valence-corrected chi connectivity index (χ3v) is 6.87. The fourth-order valence-electron chi connectivity index (χ4n) is 3.10. The summed E-state index contributed by atoms with van der Waals surface area (Å²) in [4.78, 5) is 22.1. The number of rotatable bonds is 4. The van der Waals surface area contributed by atoms with E-state index in [0.717, 1.165) is 39.9 Å². The Kier molecular flexibility index (Phi) is 5.12. The summed E-state index contributed by atoms with van der Waals surface area (Å²) in [6.07, 6.45) is 0. The van der Waals surface area contributed by atoms with Crippen LogP contribution in [0.1, 0.15) is 9.67 Å². The monoisotopic (exact) mass is 423 g/mol. The van der Waals surface area contributed by atoms with Gasteiger partial charge in [0.1, 0.15) is 21.7 Å². The molecular formula is C18H18ClN3O3S2. The molecule has 0 aliphatic carbocycles. The Bertz CT molecular complexity index is 939. The smallest absolute Gasteiger partial charge is 0.264 e. The van der Waals surface area contributed by atoms with Gasteiger partial charge in [-0.3, -0.25) is 4.79 Å². The van der Waals surface area contributed by atoms with Crippen molar-refractivity contribution < 1.29 is 14.3 Å². The second-order valence-corrected chi connectivity index (χ2v) is 8.72. The first-order valence-corrected chi connectivity index (χ1v) is 10.4. The van der Waals surface area contributed by atoms with E-state index in [2.05, 4.69) is 4.90 Å². The molecule has 0 unspecified atom stereocenters. The minimum absolute atomic E-state index is 0.0409. The molecule has 0 atom stereocenters. The number of aromatic nitrogens is 1. The summed E-state index contributed by atoms with van der Waals surface area (Å²) in [5.41, 5.74) is 0.809. The number of thiophene rings is 1. The first-order chi connectivity index (χ1) is 13.1. The summed E-state index contributed by atoms with van der Waals surface area (Å²) >= 11 is 8.85. The van der Waals surface area contributed by atoms with Gasteiger partial charge in [0.25, 0.3) is 5.91 Å². The maximum absolute atomic E-state index is 12.6. The van der Waals surface area contributed by atoms with E-state index in [4.69, 9.17) is 26.1 Å². The van der Waals surface area contributed by atoms with E-state index < -0.39 is 0 Å². The third kappa shape index (κ3) is 3.44. The SMILES string of the molecule is COc1ccc(OC)c2sc(N3CCN(C(=O)c4ccc(Cl)s4)CC3)nc12. The maximum atomic E-state index is 12.6. The molecule has 0 saturated carbocycles. The van der Waals surface area contributed by atoms with Crippen LogP contribution < -0.4 is 14.4 Å². The highest BCUT2D eigenvalue weighted by molar-refractivity contribution is 7.22. The summed E-state index contributed by atoms with van der Waals surface area (Å²) in [5, 5.41) is 0.916. The van der Waals surface area contributed by atoms with E-state index in [1.54, 1.807) is 37.7 Å². The van der Waals surface area contributed by atoms with Gasteiger partial charge in [-0.25, -0.2) is 4.98 Å². The molecule has 1 aliphatic heterocycles. The lowest BCUT2D eigenvalue weighted by Gasteiger charge is -2.34. The molecule has 0 N–H and O–H groups in total. The predicted molar refractivity (Wildman–Crippen MR) is 110 cm³/mol. The van der Waals surface area contributed by atoms with Gasteiger partial charge in [0, 0.05) is 26.2 Å². The topological polar surface area (TPSA) is 54.9 Å². The molecule has 27 heavy (non-hydrogen) atoms. The van der Waals surface area contributed by atoms with Gasteiger partial charge in [0.15, 0.2) is 5.13 Å². The van der Waals surface area contributed by atoms with Crippen LogP contribution in [-0.4, -0.2) is 56.2 Å². The summed E-state index contributed by atoms with van der Waals surface area (Å²) in [7, 11) is 3.29. The summed E-state index contributed by atoms with van der Waals surface area (Å²) in [6, 6.07) is 7.31. The molecule has 3 aromatic rings. The predicted octanol–water partition coefficient (Wildman–Crippen LogP) is 3.99. The van der Waals surface area contributed by atoms with Crippen LogP contribution in [0.2, 0.25) is 4.34 Å². The molecule has 0 spiro atoms. The molecule has 0 bridgehead atoms. The maximum Gasteiger partial charge on any atom is 0.264 e. The second kappa shape index (κ2) is 7.53. The molecule has 1 fully saturated rings. The molecule has 0 radical (unpaired) electrons. The normalized spacial score (nSPS) is 14.6. The van der Waals surface area contributed by atoms with Crippen LogP contribution in [-0.2, 0) is 0 Å². The number of ether oxygens (including phenoxy) is 2. The number of hydrogen-bond acceptors (Lipinski definition) is 7. The second-order valence-electron chi connectivity index (χ2n) is 6.03. The first-order valence-electron chi connectivity index (χ1n) is 8.42. The van der Waals surface area contributed by atoms with Crippen LogP contribution in [0.5, 0.6) is 11.5 Å². The number of carbonyl (C=O) groups excluding carboxylic acids is 1. The summed E-state index contributed by atoms with van der Waals surface area (Å²) < 4.78 is 12.5. The van der Waals surface area contributed by atoms with Gasteiger partial charge in [-0.1, -0.05) is 22.9 Å². The number of nitrogens with zero attached hydrogens (tertiary/aromatic N) is 3. The number of thiazole rings is 1. The molecule has 6 nitrogen and oxygen atoms in total. The number of halogens is 1. The fraction of sp³-hybridized carbons (Fsp3) is 0.333. The van der Waals surface area contributed by atoms with Crippen molar-refractivity contribution in [2.24, 2.45) is 0 Å². The highest BCUT2D eigenvalue weighted by Gasteiger charge is 2.25. The van der Waals surface area contributed by atoms with Gasteiger partial charge in [-0.05, 0) is 24.3 Å². The van der Waals surface area contributed by atoms with E-state index in [0.29, 0.717) is 22.3 Å². The van der Waals surface area contributed by atoms with Crippen molar-refractivity contribution in [1.29, 1.82) is 0 Å². The van der Waals surface area contributed by atoms with Gasteiger partial charge < -0.3 is 19.3 Å². The Balaban J connectivity index is 1.52. The molecule has 1 aliphatic rings. The van der Waals surface area contributed by atoms with Crippen molar-refractivity contribution in [3.63, 3.8) is 0 Å². The lowest BCUT2D eigenvalue weighted by atomic mass is 10.3. The van der Waals surface area contributed by atoms with Crippen molar-refractivity contribution in [3.8, 4) is 11.5 Å². The lowest BCUT2D eigenvalue weighted by molar-refractivity contribution is 0.0751. The van der Waals surface area contributed by atoms with Crippen LogP contribution in [0.25, 0.3) is 10.2 Å². The minimum Gasteiger partial charge on any atom is -0.495 e. The van der Waals surface area contributed by atoms with Crippen molar-refractivity contribution in [2.45, 2.75) is 0 Å². The average Bonchev–Trinajstić information content (AvgIpc) is 3.33. The Hall–Kier alpha value is -2.03. The van der Waals surface area contributed by atoms with Gasteiger partial charge >= 0.3 is 0 Å². The van der Waals surface area contributed by atoms with E-state index >= 15 is 0 Å². The summed E-state index contributed by atoms with van der Waals surface area (Å²) in [6.45, 7) is 2.77. The molecular weight excluding hydrogens is 406 g/mol. The molecule has 1 aromatic carbocycles. The zero-order chi connectivity index (χ0) is 19.0. The number of carbonyl (C=O) groups is 1. The number of methoxy groups -OCH3 is 2. The number of benzene rings is 1. The molecule has 2 aromatic heterocycles. The third-order valence-electron chi connectivity index (χ3n) is 4.52. The summed E-state index contributed by atoms with van der Waals surface area (Å²) in [5.74, 6) is 1.56. The largest absolute Gasteiger partial charge is 0.495 e. The van der Waals surface area contributed by atoms with Gasteiger partial charge in [0.2, 0.25) is 0 Å². The zero-order valence-corrected chi connectivity index (χ0v) is 17.3. The zero-order valence-electron chi connectivity index (χ0n) is 14.9. The number of hydrogen-bond donors (Lipinski definition) is 0. The Labute approximate surface area is 169 Å². The standard InChI is InChI=1S/C18H18ClN3O3S2/c1-24-11-3-4-12(25-2)16-15(11)20-18(27-16)22-9-7-21(8-10-22)17(23)13-5-6-14(19)26-13/h3-6H,7-10H2,1-2H3. The minimum atomic E-state index is 0.0409. The van der Waals surface area contributed by atoms with Crippen molar-refractivity contribution in [1.82, 2.24) is 9.88 Å². The molecule has 1 amide bonds. The molecule has 3 heterocycles. The molecule has 4 rings (SSSR count). The fourth-order valence-corrected chi connectivity index (χ4v) is 5.23. The van der Waals surface area contributed by atoms with Crippen molar-refractivity contribution >= 4 is 55.5 Å². The van der Waals surface area contributed by atoms with Gasteiger partial charge in [-0.2, -0.15) is 0 Å². The highest BCUT2D eigenvalue weighted by atomic mass is 35.5. The Morgan fingerprint density at radius 3 is 2.37 bits per heavy atom. The molecule has 1 saturated heterocycles. The van der Waals surface area contributed by atoms with Gasteiger partial charge in [0.05, 0.1) is 23.4 Å². The van der Waals surface area contributed by atoms with E-state index in [1.807, 2.05) is 17.0 Å². The van der Waals surface area contributed by atoms with Crippen LogP contribution in [0, 0.1) is 0 Å².